The van der Waals surface area contributed by atoms with E-state index in [0.29, 0.717) is 58.8 Å². The second kappa shape index (κ2) is 17.1. The number of hydrogen-bond acceptors (Lipinski definition) is 11. The van der Waals surface area contributed by atoms with Crippen molar-refractivity contribution in [3.05, 3.63) is 112 Å². The molecular formula is C52H61N11O5. The summed E-state index contributed by atoms with van der Waals surface area (Å²) < 4.78 is 3.58. The molecule has 2 aromatic carbocycles. The highest BCUT2D eigenvalue weighted by Gasteiger charge is 2.40. The van der Waals surface area contributed by atoms with Crippen molar-refractivity contribution in [2.45, 2.75) is 91.0 Å². The maximum Gasteiger partial charge on any atom is 0.293 e. The summed E-state index contributed by atoms with van der Waals surface area (Å²) in [4.78, 5) is 71.5. The van der Waals surface area contributed by atoms with Gasteiger partial charge in [0.15, 0.2) is 5.82 Å². The number of rotatable bonds is 10. The molecule has 4 N–H and O–H groups in total. The van der Waals surface area contributed by atoms with Crippen molar-refractivity contribution in [1.29, 1.82) is 0 Å². The standard InChI is InChI=1S/C52H61N11O5/c1-8-45(65)55-40-24-33(9-12-42(40)61-20-19-60(28-31(61)2)34-14-17-59(18-15-34)35-10-11-38-39(25-35)57-50(68)52(38,5)6)54-46-49(67)58(7)29-41(56-46)36-13-16-53-47(37(36)30-64)63-22-21-62-43(48(63)66)23-32-26-51(3,4)27-44(32)62/h8-13,16,23-25,29,31,34,64H,1,14-15,17-22,26-28,30H2,2-7H3,(H,54,56)(H,55,65)(H,57,68)/t31-/m0/s1. The summed E-state index contributed by atoms with van der Waals surface area (Å²) in [5.41, 5.74) is 8.81. The predicted octanol–water partition coefficient (Wildman–Crippen LogP) is 6.20. The molecule has 354 valence electrons. The third-order valence-corrected chi connectivity index (χ3v) is 14.9. The topological polar surface area (TPSA) is 173 Å². The highest BCUT2D eigenvalue weighted by Crippen LogP contribution is 2.42. The van der Waals surface area contributed by atoms with Crippen molar-refractivity contribution < 1.29 is 19.5 Å². The molecule has 0 saturated carbocycles. The molecule has 16 nitrogen and oxygen atoms in total. The van der Waals surface area contributed by atoms with Crippen LogP contribution < -0.4 is 36.2 Å². The van der Waals surface area contributed by atoms with Crippen LogP contribution in [0.3, 0.4) is 0 Å². The van der Waals surface area contributed by atoms with E-state index in [9.17, 15) is 24.3 Å². The number of benzene rings is 2. The van der Waals surface area contributed by atoms with Crippen LogP contribution in [0.1, 0.15) is 80.3 Å². The van der Waals surface area contributed by atoms with Gasteiger partial charge in [-0.1, -0.05) is 26.5 Å². The number of pyridine rings is 1. The van der Waals surface area contributed by atoms with E-state index in [2.05, 4.69) is 85.8 Å². The van der Waals surface area contributed by atoms with E-state index in [4.69, 9.17) is 4.98 Å². The quantitative estimate of drug-likeness (QED) is 0.118. The highest BCUT2D eigenvalue weighted by molar-refractivity contribution is 6.07. The number of piperidine rings is 1. The van der Waals surface area contributed by atoms with Gasteiger partial charge in [0.05, 0.1) is 29.1 Å². The number of aromatic nitrogens is 4. The minimum absolute atomic E-state index is 0.0392. The Balaban J connectivity index is 0.846. The van der Waals surface area contributed by atoms with Crippen LogP contribution in [0, 0.1) is 5.41 Å². The first-order chi connectivity index (χ1) is 32.5. The molecule has 3 amide bonds. The number of aliphatic hydroxyl groups excluding tert-OH is 1. The molecule has 68 heavy (non-hydrogen) atoms. The van der Waals surface area contributed by atoms with Gasteiger partial charge in [0, 0.05) is 111 Å². The van der Waals surface area contributed by atoms with Crippen LogP contribution in [-0.2, 0) is 48.0 Å². The zero-order valence-electron chi connectivity index (χ0n) is 39.9. The number of nitrogens with zero attached hydrogens (tertiary/aromatic N) is 8. The first-order valence-electron chi connectivity index (χ1n) is 23.8. The van der Waals surface area contributed by atoms with Crippen LogP contribution >= 0.6 is 0 Å². The Kier molecular flexibility index (Phi) is 11.3. The zero-order valence-corrected chi connectivity index (χ0v) is 39.9. The van der Waals surface area contributed by atoms with E-state index in [1.54, 1.807) is 30.4 Å². The Bertz CT molecular complexity index is 2940. The third kappa shape index (κ3) is 7.92. The summed E-state index contributed by atoms with van der Waals surface area (Å²) in [5, 5.41) is 20.1. The number of hydrogen-bond donors (Lipinski definition) is 4. The van der Waals surface area contributed by atoms with E-state index in [1.807, 2.05) is 38.1 Å². The highest BCUT2D eigenvalue weighted by atomic mass is 16.3. The van der Waals surface area contributed by atoms with Crippen LogP contribution in [0.4, 0.5) is 40.1 Å². The number of piperazine rings is 1. The molecular weight excluding hydrogens is 859 g/mol. The molecule has 2 fully saturated rings. The lowest BCUT2D eigenvalue weighted by Gasteiger charge is -2.47. The molecule has 10 rings (SSSR count). The summed E-state index contributed by atoms with van der Waals surface area (Å²) >= 11 is 0. The fraction of sp³-hybridized carbons (Fsp3) is 0.423. The minimum atomic E-state index is -0.521. The molecule has 1 atom stereocenters. The predicted molar refractivity (Wildman–Crippen MR) is 266 cm³/mol. The van der Waals surface area contributed by atoms with Crippen molar-refractivity contribution in [1.82, 2.24) is 24.0 Å². The Morgan fingerprint density at radius 3 is 2.51 bits per heavy atom. The molecule has 4 aliphatic heterocycles. The van der Waals surface area contributed by atoms with Crippen molar-refractivity contribution >= 4 is 57.8 Å². The number of aryl methyl sites for hydroxylation is 1. The van der Waals surface area contributed by atoms with Crippen molar-refractivity contribution in [2.24, 2.45) is 12.5 Å². The smallest absolute Gasteiger partial charge is 0.293 e. The SMILES string of the molecule is C=CC(=O)Nc1cc(Nc2nc(-c3ccnc(N4CCn5c(cc6c5CC(C)(C)C6)C4=O)c3CO)cn(C)c2=O)ccc1N1CCN(C2CCN(c3ccc4c(c3)NC(=O)C4(C)C)CC2)C[C@@H]1C. The average molecular weight is 920 g/mol. The maximum atomic E-state index is 14.1. The van der Waals surface area contributed by atoms with Gasteiger partial charge in [-0.3, -0.25) is 29.0 Å². The molecule has 0 spiro atoms. The average Bonchev–Trinajstić information content (AvgIpc) is 3.90. The van der Waals surface area contributed by atoms with Gasteiger partial charge in [0.1, 0.15) is 11.5 Å². The summed E-state index contributed by atoms with van der Waals surface area (Å²) in [5.74, 6) is -0.0723. The second-order valence-corrected chi connectivity index (χ2v) is 20.5. The third-order valence-electron chi connectivity index (χ3n) is 14.9. The maximum absolute atomic E-state index is 14.1. The molecule has 5 aliphatic rings. The number of anilines is 7. The van der Waals surface area contributed by atoms with Crippen LogP contribution in [-0.4, -0.2) is 98.2 Å². The summed E-state index contributed by atoms with van der Waals surface area (Å²) in [6.07, 6.45) is 8.37. The van der Waals surface area contributed by atoms with Crippen molar-refractivity contribution in [3.63, 3.8) is 0 Å². The van der Waals surface area contributed by atoms with E-state index < -0.39 is 12.0 Å². The minimum Gasteiger partial charge on any atom is -0.392 e. The summed E-state index contributed by atoms with van der Waals surface area (Å²) in [6.45, 7) is 19.3. The molecule has 16 heteroatoms. The van der Waals surface area contributed by atoms with Gasteiger partial charge in [-0.2, -0.15) is 0 Å². The van der Waals surface area contributed by atoms with Gasteiger partial charge in [-0.05, 0) is 112 Å². The molecule has 2 saturated heterocycles. The molecule has 0 radical (unpaired) electrons. The Morgan fingerprint density at radius 2 is 1.76 bits per heavy atom. The molecule has 0 bridgehead atoms. The van der Waals surface area contributed by atoms with Crippen LogP contribution in [0.25, 0.3) is 11.3 Å². The largest absolute Gasteiger partial charge is 0.392 e. The van der Waals surface area contributed by atoms with Crippen LogP contribution in [0.5, 0.6) is 0 Å². The Morgan fingerprint density at radius 1 is 0.971 bits per heavy atom. The lowest BCUT2D eigenvalue weighted by molar-refractivity contribution is -0.119. The Labute approximate surface area is 396 Å². The van der Waals surface area contributed by atoms with E-state index in [1.165, 1.54) is 21.9 Å². The lowest BCUT2D eigenvalue weighted by atomic mass is 9.86. The van der Waals surface area contributed by atoms with Gasteiger partial charge < -0.3 is 40.0 Å². The number of amides is 3. The summed E-state index contributed by atoms with van der Waals surface area (Å²) in [7, 11) is 1.64. The molecule has 1 aliphatic carbocycles. The van der Waals surface area contributed by atoms with Gasteiger partial charge in [-0.25, -0.2) is 9.97 Å². The number of aliphatic hydroxyl groups is 1. The first-order valence-corrected chi connectivity index (χ1v) is 23.8. The first kappa shape index (κ1) is 45.0. The van der Waals surface area contributed by atoms with Crippen molar-refractivity contribution in [3.8, 4) is 11.3 Å². The number of fused-ring (bicyclic) bond motifs is 4. The summed E-state index contributed by atoms with van der Waals surface area (Å²) in [6, 6.07) is 16.3. The van der Waals surface area contributed by atoms with E-state index in [0.717, 1.165) is 81.0 Å². The number of carbonyl (C=O) groups is 3. The molecule has 5 aromatic rings. The molecule has 0 unspecified atom stereocenters. The molecule has 3 aromatic heterocycles. The Hall–Kier alpha value is -6.78. The monoisotopic (exact) mass is 919 g/mol. The number of carbonyl (C=O) groups excluding carboxylic acids is 3. The van der Waals surface area contributed by atoms with Crippen LogP contribution in [0.2, 0.25) is 0 Å². The second-order valence-electron chi connectivity index (χ2n) is 20.5. The fourth-order valence-corrected chi connectivity index (χ4v) is 11.3. The molecule has 7 heterocycles. The van der Waals surface area contributed by atoms with E-state index >= 15 is 0 Å². The number of nitrogens with one attached hydrogen (secondary N) is 3. The van der Waals surface area contributed by atoms with Crippen LogP contribution in [0.15, 0.2) is 78.4 Å². The van der Waals surface area contributed by atoms with Gasteiger partial charge in [0.2, 0.25) is 11.8 Å². The normalized spacial score (nSPS) is 19.9. The van der Waals surface area contributed by atoms with Gasteiger partial charge >= 0.3 is 0 Å². The van der Waals surface area contributed by atoms with Gasteiger partial charge in [0.25, 0.3) is 11.5 Å². The van der Waals surface area contributed by atoms with Crippen molar-refractivity contribution in [2.75, 3.05) is 69.9 Å². The zero-order chi connectivity index (χ0) is 47.8. The lowest BCUT2D eigenvalue weighted by Crippen LogP contribution is -2.57. The van der Waals surface area contributed by atoms with Gasteiger partial charge in [-0.15, -0.1) is 0 Å². The van der Waals surface area contributed by atoms with E-state index in [-0.39, 0.29) is 40.6 Å². The fourth-order valence-electron chi connectivity index (χ4n) is 11.3.